The third kappa shape index (κ3) is 18.4. The Morgan fingerprint density at radius 1 is 0.242 bits per heavy atom. The Hall–Kier alpha value is -11.5. The van der Waals surface area contributed by atoms with Gasteiger partial charge in [0.25, 0.3) is 0 Å². The first kappa shape index (κ1) is 87.4. The number of hydrogen-bond acceptors (Lipinski definition) is 16. The highest BCUT2D eigenvalue weighted by atomic mass is 35.6. The molecule has 20 nitrogen and oxygen atoms in total. The summed E-state index contributed by atoms with van der Waals surface area (Å²) < 4.78 is 59.2. The minimum absolute atomic E-state index is 0.335. The second-order valence-electron chi connectivity index (χ2n) is 29.5. The summed E-state index contributed by atoms with van der Waals surface area (Å²) in [5.74, 6) is 10.5. The fourth-order valence-corrected chi connectivity index (χ4v) is 17.1. The molecule has 0 fully saturated rings. The molecule has 4 aromatic heterocycles. The molecule has 0 saturated heterocycles. The molecule has 8 heterocycles. The molecule has 21 rings (SSSR count). The molecule has 0 spiro atoms. The zero-order valence-corrected chi connectivity index (χ0v) is 73.6. The van der Waals surface area contributed by atoms with E-state index in [0.29, 0.717) is 143 Å². The van der Waals surface area contributed by atoms with E-state index in [1.54, 1.807) is 0 Å². The van der Waals surface area contributed by atoms with E-state index in [0.717, 1.165) is 163 Å². The van der Waals surface area contributed by atoms with Gasteiger partial charge in [-0.1, -0.05) is 219 Å². The van der Waals surface area contributed by atoms with Crippen molar-refractivity contribution in [1.82, 2.24) is 39.9 Å². The Morgan fingerprint density at radius 3 is 0.565 bits per heavy atom. The van der Waals surface area contributed by atoms with Gasteiger partial charge in [0.15, 0.2) is 54.6 Å². The van der Waals surface area contributed by atoms with Crippen LogP contribution < -0.4 is 37.9 Å². The predicted octanol–water partition coefficient (Wildman–Crippen LogP) is 26.0. The van der Waals surface area contributed by atoms with Gasteiger partial charge >= 0.3 is 0 Å². The minimum atomic E-state index is -0.750. The van der Waals surface area contributed by atoms with Crippen molar-refractivity contribution < 1.29 is 58.3 Å². The molecule has 0 unspecified atom stereocenters. The van der Waals surface area contributed by atoms with Gasteiger partial charge in [0.05, 0.1) is 44.1 Å². The number of aromatic nitrogens is 8. The normalized spacial score (nSPS) is 14.8. The first-order valence-corrected chi connectivity index (χ1v) is 43.3. The van der Waals surface area contributed by atoms with E-state index in [9.17, 15) is 0 Å². The fraction of sp³-hybridized carbons (Fsp3) is 0.224. The van der Waals surface area contributed by atoms with E-state index in [1.807, 2.05) is 72.8 Å². The standard InChI is InChI=1S/C92H72N8O8.2CHCl3.4CH4O/c1-5-53-57-33-59-54(6-2)61-35-63-56(8-4)64-36-62-55(7-3)60-34-58(53)74-46-76(60)104-84-40-68-70(98-91(96-68)31-51-25-17-11-18-26-51)42-86(84)106-78(62)48-80(64)108-88-44-72-71(99-92(100-72)32-52-27-19-12-20-28-52)43-87(88)107-79(63)47-77(61)105-85-41-69-67(95-90(97-69)30-50-23-15-10-16-24-50)39-83(85)103-75(59)45-73(57)101-81-37-65-66(38-82(81)102-74)94-89(93-65)29-49-21-13-9-14-22-49;2*2-1(3)4;4*1-2/h9-28,33-48,53-56H,5-8,29-32H2,1-4H3,(H,93,94)(H,95,97)(H,96,98)(H,99,100);2*1H;4*2H,1H3/t53-,54+,55-,56+;;;;;;. The number of H-pyrrole nitrogens is 4. The molecule has 12 aromatic carbocycles. The molecular formula is C98H90Cl6N8O12. The highest BCUT2D eigenvalue weighted by molar-refractivity contribution is 6.63. The van der Waals surface area contributed by atoms with Gasteiger partial charge in [-0.05, 0) is 72.2 Å². The molecule has 0 amide bonds. The van der Waals surface area contributed by atoms with Gasteiger partial charge in [-0.3, -0.25) is 0 Å². The highest BCUT2D eigenvalue weighted by Gasteiger charge is 2.39. The molecule has 26 heteroatoms. The van der Waals surface area contributed by atoms with E-state index in [4.69, 9.17) is 148 Å². The first-order chi connectivity index (χ1) is 60.6. The number of ether oxygens (including phenoxy) is 8. The Bertz CT molecular complexity index is 5430. The summed E-state index contributed by atoms with van der Waals surface area (Å²) in [5, 5.41) is 28.0. The molecule has 4 aliphatic heterocycles. The first-order valence-electron chi connectivity index (χ1n) is 40.6. The predicted molar refractivity (Wildman–Crippen MR) is 492 cm³/mol. The maximum atomic E-state index is 7.59. The van der Waals surface area contributed by atoms with Gasteiger partial charge < -0.3 is 78.3 Å². The van der Waals surface area contributed by atoms with Gasteiger partial charge in [-0.25, -0.2) is 19.9 Å². The Balaban J connectivity index is 0.000000697. The molecule has 636 valence electrons. The fourth-order valence-electron chi connectivity index (χ4n) is 17.1. The number of halogens is 6. The van der Waals surface area contributed by atoms with Crippen LogP contribution in [-0.2, 0) is 25.7 Å². The number of benzene rings is 12. The van der Waals surface area contributed by atoms with Crippen molar-refractivity contribution in [2.75, 3.05) is 28.4 Å². The summed E-state index contributed by atoms with van der Waals surface area (Å²) >= 11 is 28.8. The van der Waals surface area contributed by atoms with Crippen molar-refractivity contribution in [3.63, 3.8) is 0 Å². The number of alkyl halides is 6. The van der Waals surface area contributed by atoms with Gasteiger partial charge in [0, 0.05) is 195 Å². The smallest absolute Gasteiger partial charge is 0.180 e. The largest absolute Gasteiger partial charge is 0.453 e. The monoisotopic (exact) mass is 1780 g/mol. The van der Waals surface area contributed by atoms with Crippen LogP contribution >= 0.6 is 69.6 Å². The average molecular weight is 1780 g/mol. The zero-order chi connectivity index (χ0) is 87.0. The van der Waals surface area contributed by atoms with E-state index in [1.165, 1.54) is 0 Å². The molecular weight excluding hydrogens is 1690 g/mol. The maximum Gasteiger partial charge on any atom is 0.180 e. The van der Waals surface area contributed by atoms with Crippen molar-refractivity contribution in [3.8, 4) is 92.0 Å². The van der Waals surface area contributed by atoms with E-state index < -0.39 is 8.59 Å². The van der Waals surface area contributed by atoms with Crippen LogP contribution in [0.25, 0.3) is 44.1 Å². The molecule has 0 radical (unpaired) electrons. The summed E-state index contributed by atoms with van der Waals surface area (Å²) in [7, 11) is 4.00. The van der Waals surface area contributed by atoms with Gasteiger partial charge in [0.1, 0.15) is 69.3 Å². The minimum Gasteiger partial charge on any atom is -0.453 e. The third-order valence-corrected chi connectivity index (χ3v) is 22.2. The van der Waals surface area contributed by atoms with Crippen LogP contribution in [0.1, 0.15) is 167 Å². The van der Waals surface area contributed by atoms with Crippen molar-refractivity contribution in [3.05, 3.63) is 308 Å². The maximum absolute atomic E-state index is 7.59. The van der Waals surface area contributed by atoms with Crippen molar-refractivity contribution in [1.29, 1.82) is 0 Å². The lowest BCUT2D eigenvalue weighted by atomic mass is 9.77. The topological polar surface area (TPSA) is 269 Å². The average Bonchev–Trinajstić information content (AvgIpc) is 1.58. The summed E-state index contributed by atoms with van der Waals surface area (Å²) in [4.78, 5) is 35.5. The zero-order valence-electron chi connectivity index (χ0n) is 69.0. The summed E-state index contributed by atoms with van der Waals surface area (Å²) in [6.45, 7) is 8.95. The number of aliphatic hydroxyl groups is 4. The lowest BCUT2D eigenvalue weighted by Gasteiger charge is -2.29. The summed E-state index contributed by atoms with van der Waals surface area (Å²) in [6, 6.07) is 75.2. The molecule has 16 aromatic rings. The number of nitrogens with zero attached hydrogens (tertiary/aromatic N) is 4. The Kier molecular flexibility index (Phi) is 27.6. The molecule has 124 heavy (non-hydrogen) atoms. The molecule has 8 bridgehead atoms. The number of nitrogens with one attached hydrogen (secondary N) is 4. The highest BCUT2D eigenvalue weighted by Crippen LogP contribution is 2.60. The number of imidazole rings is 4. The SMILES string of the molecule is CC[C@H]1c2cc3c4cc2Oc2cc5nc(Cc6ccccc6)[nH]c5cc2Oc2cc5c(cc21)[C@H](CC)c1cc2c(cc1Oc1cc6[nH]c(Cc7ccccc7)nc6cc1O5)Oc1cc5nc(Cc6ccccc6)[nH]c5cc1Oc1cc(c(cc1[C@H]2CC)[C@@H]3CC)Oc1cc2nc(Cc3ccccc3)[nH]c2cc1O4.CO.CO.CO.CO.ClC(Cl)Cl.ClC(Cl)Cl. The van der Waals surface area contributed by atoms with Gasteiger partial charge in [-0.15, -0.1) is 0 Å². The Labute approximate surface area is 746 Å². The van der Waals surface area contributed by atoms with Crippen molar-refractivity contribution in [2.45, 2.75) is 111 Å². The van der Waals surface area contributed by atoms with Crippen LogP contribution in [0.15, 0.2) is 218 Å². The second-order valence-corrected chi connectivity index (χ2v) is 33.5. The van der Waals surface area contributed by atoms with Crippen LogP contribution in [0.5, 0.6) is 92.0 Å². The second kappa shape index (κ2) is 39.1. The number of aromatic amines is 4. The lowest BCUT2D eigenvalue weighted by molar-refractivity contribution is 0.399. The summed E-state index contributed by atoms with van der Waals surface area (Å²) in [5.41, 5.74) is 18.2. The van der Waals surface area contributed by atoms with Crippen LogP contribution in [-0.4, -0.2) is 97.3 Å². The van der Waals surface area contributed by atoms with Crippen LogP contribution in [0, 0.1) is 0 Å². The summed E-state index contributed by atoms with van der Waals surface area (Å²) in [6.07, 6.45) is 4.97. The van der Waals surface area contributed by atoms with E-state index in [-0.39, 0.29) is 23.7 Å². The third-order valence-electron chi connectivity index (χ3n) is 22.2. The van der Waals surface area contributed by atoms with Crippen LogP contribution in [0.3, 0.4) is 0 Å². The van der Waals surface area contributed by atoms with E-state index >= 15 is 0 Å². The quantitative estimate of drug-likeness (QED) is 0.0528. The molecule has 0 saturated carbocycles. The molecule has 1 aliphatic carbocycles. The van der Waals surface area contributed by atoms with Gasteiger partial charge in [0.2, 0.25) is 0 Å². The number of fused-ring (bicyclic) bond motifs is 8. The molecule has 4 atom stereocenters. The van der Waals surface area contributed by atoms with Crippen LogP contribution in [0.2, 0.25) is 0 Å². The number of aliphatic hydroxyl groups excluding tert-OH is 4. The molecule has 8 N–H and O–H groups in total. The van der Waals surface area contributed by atoms with Crippen molar-refractivity contribution in [2.24, 2.45) is 0 Å². The number of hydrogen-bond donors (Lipinski definition) is 8. The molecule has 5 aliphatic rings. The Morgan fingerprint density at radius 2 is 0.403 bits per heavy atom. The van der Waals surface area contributed by atoms with Crippen LogP contribution in [0.4, 0.5) is 0 Å². The van der Waals surface area contributed by atoms with Gasteiger partial charge in [-0.2, -0.15) is 0 Å². The van der Waals surface area contributed by atoms with Crippen molar-refractivity contribution >= 4 is 114 Å². The van der Waals surface area contributed by atoms with E-state index in [2.05, 4.69) is 193 Å². The number of rotatable bonds is 12. The lowest BCUT2D eigenvalue weighted by Crippen LogP contribution is -2.12.